The van der Waals surface area contributed by atoms with Crippen molar-refractivity contribution in [3.8, 4) is 0 Å². The second-order valence-electron chi connectivity index (χ2n) is 4.26. The van der Waals surface area contributed by atoms with Gasteiger partial charge in [-0.3, -0.25) is 0 Å². The first-order valence-electron chi connectivity index (χ1n) is 6.23. The number of thioether (sulfide) groups is 1. The molecule has 0 bridgehead atoms. The Labute approximate surface area is 115 Å². The molecule has 98 valence electrons. The third kappa shape index (κ3) is 2.35. The van der Waals surface area contributed by atoms with Crippen LogP contribution >= 0.6 is 11.8 Å². The Kier molecular flexibility index (Phi) is 3.25. The maximum Gasteiger partial charge on any atom is 0.191 e. The second kappa shape index (κ2) is 5.05. The van der Waals surface area contributed by atoms with Crippen LogP contribution in [-0.4, -0.2) is 24.1 Å². The standard InChI is InChI=1S/C13H15N5S/c1-3-18-10(2)15-16-13(18)19-9-11-8-17-7-5-4-6-12(17)14-11/h4-8H,3,9H2,1-2H3. The lowest BCUT2D eigenvalue weighted by Crippen LogP contribution is -1.99. The highest BCUT2D eigenvalue weighted by molar-refractivity contribution is 7.98. The van der Waals surface area contributed by atoms with E-state index in [-0.39, 0.29) is 0 Å². The van der Waals surface area contributed by atoms with Crippen LogP contribution in [0.1, 0.15) is 18.4 Å². The molecule has 0 aliphatic heterocycles. The maximum absolute atomic E-state index is 4.57. The molecule has 3 rings (SSSR count). The third-order valence-electron chi connectivity index (χ3n) is 2.98. The summed E-state index contributed by atoms with van der Waals surface area (Å²) in [6, 6.07) is 6.01. The molecule has 0 atom stereocenters. The monoisotopic (exact) mass is 273 g/mol. The summed E-state index contributed by atoms with van der Waals surface area (Å²) in [6.45, 7) is 4.98. The molecule has 0 fully saturated rings. The van der Waals surface area contributed by atoms with Crippen LogP contribution in [0.3, 0.4) is 0 Å². The zero-order valence-electron chi connectivity index (χ0n) is 10.9. The first kappa shape index (κ1) is 12.2. The van der Waals surface area contributed by atoms with Gasteiger partial charge in [0.2, 0.25) is 0 Å². The van der Waals surface area contributed by atoms with Crippen molar-refractivity contribution in [2.45, 2.75) is 31.3 Å². The smallest absolute Gasteiger partial charge is 0.191 e. The van der Waals surface area contributed by atoms with Crippen molar-refractivity contribution in [2.24, 2.45) is 0 Å². The van der Waals surface area contributed by atoms with Gasteiger partial charge in [-0.1, -0.05) is 17.8 Å². The molecule has 0 aliphatic carbocycles. The molecule has 3 heterocycles. The number of nitrogens with zero attached hydrogens (tertiary/aromatic N) is 5. The van der Waals surface area contributed by atoms with Gasteiger partial charge in [0.15, 0.2) is 5.16 Å². The van der Waals surface area contributed by atoms with E-state index >= 15 is 0 Å². The number of aryl methyl sites for hydroxylation is 1. The molecule has 3 aromatic rings. The van der Waals surface area contributed by atoms with Gasteiger partial charge in [0.25, 0.3) is 0 Å². The minimum Gasteiger partial charge on any atom is -0.307 e. The van der Waals surface area contributed by atoms with E-state index in [1.54, 1.807) is 11.8 Å². The molecule has 19 heavy (non-hydrogen) atoms. The highest BCUT2D eigenvalue weighted by Crippen LogP contribution is 2.21. The lowest BCUT2D eigenvalue weighted by atomic mass is 10.5. The molecule has 0 spiro atoms. The lowest BCUT2D eigenvalue weighted by molar-refractivity contribution is 0.662. The van der Waals surface area contributed by atoms with Gasteiger partial charge >= 0.3 is 0 Å². The quantitative estimate of drug-likeness (QED) is 0.685. The Morgan fingerprint density at radius 2 is 2.16 bits per heavy atom. The van der Waals surface area contributed by atoms with Crippen LogP contribution < -0.4 is 0 Å². The fraction of sp³-hybridized carbons (Fsp3) is 0.308. The summed E-state index contributed by atoms with van der Waals surface area (Å²) in [5.41, 5.74) is 2.03. The SMILES string of the molecule is CCn1c(C)nnc1SCc1cn2ccccc2n1. The van der Waals surface area contributed by atoms with Crippen molar-refractivity contribution in [2.75, 3.05) is 0 Å². The average molecular weight is 273 g/mol. The van der Waals surface area contributed by atoms with Crippen molar-refractivity contribution in [3.05, 3.63) is 42.1 Å². The molecule has 5 nitrogen and oxygen atoms in total. The Morgan fingerprint density at radius 1 is 1.26 bits per heavy atom. The zero-order valence-corrected chi connectivity index (χ0v) is 11.8. The van der Waals surface area contributed by atoms with Crippen molar-refractivity contribution < 1.29 is 0 Å². The molecule has 0 aromatic carbocycles. The van der Waals surface area contributed by atoms with E-state index in [0.717, 1.165) is 34.6 Å². The molecule has 0 N–H and O–H groups in total. The molecular formula is C13H15N5S. The maximum atomic E-state index is 4.57. The molecule has 0 saturated carbocycles. The number of aromatic nitrogens is 5. The van der Waals surface area contributed by atoms with Crippen LogP contribution in [0.15, 0.2) is 35.7 Å². The van der Waals surface area contributed by atoms with Crippen molar-refractivity contribution in [3.63, 3.8) is 0 Å². The Hall–Kier alpha value is -1.82. The fourth-order valence-electron chi connectivity index (χ4n) is 2.03. The van der Waals surface area contributed by atoms with Gasteiger partial charge in [0.05, 0.1) is 5.69 Å². The zero-order chi connectivity index (χ0) is 13.2. The molecular weight excluding hydrogens is 258 g/mol. The minimum atomic E-state index is 0.805. The summed E-state index contributed by atoms with van der Waals surface area (Å²) in [4.78, 5) is 4.57. The lowest BCUT2D eigenvalue weighted by Gasteiger charge is -2.03. The Morgan fingerprint density at radius 3 is 2.95 bits per heavy atom. The molecule has 0 saturated heterocycles. The van der Waals surface area contributed by atoms with Crippen LogP contribution in [0.5, 0.6) is 0 Å². The predicted octanol–water partition coefficient (Wildman–Crippen LogP) is 2.55. The molecule has 0 unspecified atom stereocenters. The number of fused-ring (bicyclic) bond motifs is 1. The Bertz CT molecular complexity index is 667. The molecule has 0 amide bonds. The van der Waals surface area contributed by atoms with E-state index in [2.05, 4.69) is 32.9 Å². The largest absolute Gasteiger partial charge is 0.307 e. The molecule has 6 heteroatoms. The van der Waals surface area contributed by atoms with Crippen molar-refractivity contribution in [1.29, 1.82) is 0 Å². The summed E-state index contributed by atoms with van der Waals surface area (Å²) >= 11 is 1.67. The number of hydrogen-bond donors (Lipinski definition) is 0. The van der Waals surface area contributed by atoms with E-state index in [0.29, 0.717) is 0 Å². The van der Waals surface area contributed by atoms with E-state index in [1.807, 2.05) is 35.7 Å². The van der Waals surface area contributed by atoms with Gasteiger partial charge in [-0.2, -0.15) is 0 Å². The Balaban J connectivity index is 1.78. The second-order valence-corrected chi connectivity index (χ2v) is 5.20. The summed E-state index contributed by atoms with van der Waals surface area (Å²) in [5, 5.41) is 9.26. The topological polar surface area (TPSA) is 48.0 Å². The molecule has 3 aromatic heterocycles. The molecule has 0 aliphatic rings. The van der Waals surface area contributed by atoms with Gasteiger partial charge in [0.1, 0.15) is 11.5 Å². The highest BCUT2D eigenvalue weighted by Gasteiger charge is 2.09. The normalized spacial score (nSPS) is 11.3. The van der Waals surface area contributed by atoms with E-state index in [1.165, 1.54) is 0 Å². The fourth-order valence-corrected chi connectivity index (χ4v) is 2.96. The minimum absolute atomic E-state index is 0.805. The first-order valence-corrected chi connectivity index (χ1v) is 7.21. The number of imidazole rings is 1. The van der Waals surface area contributed by atoms with Crippen molar-refractivity contribution in [1.82, 2.24) is 24.1 Å². The summed E-state index contributed by atoms with van der Waals surface area (Å²) in [5.74, 6) is 1.76. The van der Waals surface area contributed by atoms with Crippen molar-refractivity contribution >= 4 is 17.4 Å². The highest BCUT2D eigenvalue weighted by atomic mass is 32.2. The van der Waals surface area contributed by atoms with E-state index in [9.17, 15) is 0 Å². The van der Waals surface area contributed by atoms with Gasteiger partial charge in [-0.15, -0.1) is 10.2 Å². The predicted molar refractivity (Wildman–Crippen MR) is 75.2 cm³/mol. The van der Waals surface area contributed by atoms with Gasteiger partial charge in [-0.25, -0.2) is 4.98 Å². The summed E-state index contributed by atoms with van der Waals surface area (Å²) in [6.07, 6.45) is 4.07. The van der Waals surface area contributed by atoms with E-state index in [4.69, 9.17) is 0 Å². The van der Waals surface area contributed by atoms with Crippen LogP contribution in [-0.2, 0) is 12.3 Å². The van der Waals surface area contributed by atoms with Gasteiger partial charge < -0.3 is 8.97 Å². The first-order chi connectivity index (χ1) is 9.28. The average Bonchev–Trinajstić information content (AvgIpc) is 2.99. The summed E-state index contributed by atoms with van der Waals surface area (Å²) in [7, 11) is 0. The van der Waals surface area contributed by atoms with E-state index < -0.39 is 0 Å². The van der Waals surface area contributed by atoms with Crippen LogP contribution in [0, 0.1) is 6.92 Å². The van der Waals surface area contributed by atoms with Gasteiger partial charge in [0, 0.05) is 24.7 Å². The third-order valence-corrected chi connectivity index (χ3v) is 3.98. The number of hydrogen-bond acceptors (Lipinski definition) is 4. The number of rotatable bonds is 4. The van der Waals surface area contributed by atoms with Gasteiger partial charge in [-0.05, 0) is 26.0 Å². The summed E-state index contributed by atoms with van der Waals surface area (Å²) < 4.78 is 4.14. The number of pyridine rings is 1. The van der Waals surface area contributed by atoms with Crippen LogP contribution in [0.4, 0.5) is 0 Å². The molecule has 0 radical (unpaired) electrons. The van der Waals surface area contributed by atoms with Crippen LogP contribution in [0.2, 0.25) is 0 Å². The van der Waals surface area contributed by atoms with Crippen LogP contribution in [0.25, 0.3) is 5.65 Å².